The summed E-state index contributed by atoms with van der Waals surface area (Å²) in [5, 5.41) is 4.69. The first-order chi connectivity index (χ1) is 10.7. The number of hydrogen-bond donors (Lipinski definition) is 1. The standard InChI is InChI=1S/C17H20ClN3O/c1-19-10-12-4-3-7-21(11-12)17(22)15-9-14(18)8-13-5-2-6-20-16(13)15/h2,5-6,8-9,12,19H,3-4,7,10-11H2,1H3/t12-/m0/s1. The Morgan fingerprint density at radius 2 is 2.36 bits per heavy atom. The van der Waals surface area contributed by atoms with Crippen LogP contribution >= 0.6 is 11.6 Å². The van der Waals surface area contributed by atoms with E-state index in [0.717, 1.165) is 37.0 Å². The summed E-state index contributed by atoms with van der Waals surface area (Å²) in [6.45, 7) is 2.54. The molecule has 1 aliphatic rings. The number of hydrogen-bond acceptors (Lipinski definition) is 3. The Labute approximate surface area is 135 Å². The fourth-order valence-corrected chi connectivity index (χ4v) is 3.42. The summed E-state index contributed by atoms with van der Waals surface area (Å²) < 4.78 is 0. The van der Waals surface area contributed by atoms with E-state index in [1.807, 2.05) is 30.1 Å². The molecule has 0 spiro atoms. The van der Waals surface area contributed by atoms with Crippen molar-refractivity contribution in [3.8, 4) is 0 Å². The zero-order chi connectivity index (χ0) is 15.5. The first-order valence-electron chi connectivity index (χ1n) is 7.67. The van der Waals surface area contributed by atoms with Crippen molar-refractivity contribution in [3.05, 3.63) is 41.0 Å². The molecule has 22 heavy (non-hydrogen) atoms. The normalized spacial score (nSPS) is 18.6. The van der Waals surface area contributed by atoms with Crippen molar-refractivity contribution < 1.29 is 4.79 Å². The van der Waals surface area contributed by atoms with Crippen molar-refractivity contribution in [1.29, 1.82) is 0 Å². The molecule has 3 rings (SSSR count). The van der Waals surface area contributed by atoms with Gasteiger partial charge in [0.1, 0.15) is 0 Å². The molecule has 1 fully saturated rings. The van der Waals surface area contributed by atoms with Crippen LogP contribution in [0.1, 0.15) is 23.2 Å². The fraction of sp³-hybridized carbons (Fsp3) is 0.412. The SMILES string of the molecule is CNC[C@@H]1CCCN(C(=O)c2cc(Cl)cc3cccnc23)C1. The molecule has 1 aromatic heterocycles. The lowest BCUT2D eigenvalue weighted by Gasteiger charge is -2.33. The summed E-state index contributed by atoms with van der Waals surface area (Å²) in [6.07, 6.45) is 3.93. The number of amides is 1. The van der Waals surface area contributed by atoms with Crippen molar-refractivity contribution >= 4 is 28.4 Å². The zero-order valence-electron chi connectivity index (χ0n) is 12.7. The van der Waals surface area contributed by atoms with E-state index in [-0.39, 0.29) is 5.91 Å². The molecule has 0 unspecified atom stereocenters. The molecule has 116 valence electrons. The minimum Gasteiger partial charge on any atom is -0.338 e. The second-order valence-corrected chi connectivity index (χ2v) is 6.28. The fourth-order valence-electron chi connectivity index (χ4n) is 3.19. The monoisotopic (exact) mass is 317 g/mol. The molecule has 0 saturated carbocycles. The molecule has 1 atom stereocenters. The highest BCUT2D eigenvalue weighted by Gasteiger charge is 2.25. The number of halogens is 1. The Bertz CT molecular complexity index is 687. The Morgan fingerprint density at radius 1 is 1.50 bits per heavy atom. The second kappa shape index (κ2) is 6.63. The van der Waals surface area contributed by atoms with Gasteiger partial charge < -0.3 is 10.2 Å². The molecule has 1 amide bonds. The average molecular weight is 318 g/mol. The predicted octanol–water partition coefficient (Wildman–Crippen LogP) is 2.96. The predicted molar refractivity (Wildman–Crippen MR) is 89.3 cm³/mol. The highest BCUT2D eigenvalue weighted by molar-refractivity contribution is 6.32. The maximum absolute atomic E-state index is 12.9. The third kappa shape index (κ3) is 3.08. The van der Waals surface area contributed by atoms with Gasteiger partial charge in [-0.15, -0.1) is 0 Å². The number of nitrogens with zero attached hydrogens (tertiary/aromatic N) is 2. The molecule has 4 nitrogen and oxygen atoms in total. The van der Waals surface area contributed by atoms with E-state index >= 15 is 0 Å². The van der Waals surface area contributed by atoms with Gasteiger partial charge in [0.25, 0.3) is 5.91 Å². The number of pyridine rings is 1. The minimum atomic E-state index is 0.0343. The molecule has 1 aromatic carbocycles. The smallest absolute Gasteiger partial charge is 0.256 e. The molecular weight excluding hydrogens is 298 g/mol. The van der Waals surface area contributed by atoms with Gasteiger partial charge in [-0.25, -0.2) is 0 Å². The minimum absolute atomic E-state index is 0.0343. The molecule has 2 aromatic rings. The molecule has 2 heterocycles. The van der Waals surface area contributed by atoms with Crippen molar-refractivity contribution in [3.63, 3.8) is 0 Å². The van der Waals surface area contributed by atoms with Crippen LogP contribution in [0.3, 0.4) is 0 Å². The van der Waals surface area contributed by atoms with Gasteiger partial charge in [0.15, 0.2) is 0 Å². The highest BCUT2D eigenvalue weighted by Crippen LogP contribution is 2.25. The first kappa shape index (κ1) is 15.3. The summed E-state index contributed by atoms with van der Waals surface area (Å²) in [7, 11) is 1.95. The van der Waals surface area contributed by atoms with Crippen molar-refractivity contribution in [1.82, 2.24) is 15.2 Å². The number of rotatable bonds is 3. The van der Waals surface area contributed by atoms with Gasteiger partial charge in [-0.2, -0.15) is 0 Å². The van der Waals surface area contributed by atoms with E-state index in [1.54, 1.807) is 12.3 Å². The van der Waals surface area contributed by atoms with Crippen molar-refractivity contribution in [2.75, 3.05) is 26.7 Å². The van der Waals surface area contributed by atoms with Gasteiger partial charge in [0, 0.05) is 29.7 Å². The molecule has 1 aliphatic heterocycles. The highest BCUT2D eigenvalue weighted by atomic mass is 35.5. The van der Waals surface area contributed by atoms with Crippen molar-refractivity contribution in [2.24, 2.45) is 5.92 Å². The topological polar surface area (TPSA) is 45.2 Å². The Balaban J connectivity index is 1.91. The van der Waals surface area contributed by atoms with E-state index in [2.05, 4.69) is 10.3 Å². The van der Waals surface area contributed by atoms with E-state index in [9.17, 15) is 4.79 Å². The van der Waals surface area contributed by atoms with Crippen molar-refractivity contribution in [2.45, 2.75) is 12.8 Å². The van der Waals surface area contributed by atoms with Crippen LogP contribution in [0.2, 0.25) is 5.02 Å². The van der Waals surface area contributed by atoms with Crippen LogP contribution < -0.4 is 5.32 Å². The van der Waals surface area contributed by atoms with Gasteiger partial charge in [0.05, 0.1) is 11.1 Å². The number of nitrogens with one attached hydrogen (secondary N) is 1. The van der Waals surface area contributed by atoms with E-state index < -0.39 is 0 Å². The lowest BCUT2D eigenvalue weighted by molar-refractivity contribution is 0.0676. The second-order valence-electron chi connectivity index (χ2n) is 5.85. The third-order valence-corrected chi connectivity index (χ3v) is 4.42. The van der Waals surface area contributed by atoms with E-state index in [1.165, 1.54) is 6.42 Å². The van der Waals surface area contributed by atoms with Gasteiger partial charge in [-0.3, -0.25) is 9.78 Å². The van der Waals surface area contributed by atoms with Crippen LogP contribution in [0.15, 0.2) is 30.5 Å². The van der Waals surface area contributed by atoms with Crippen LogP contribution in [0.4, 0.5) is 0 Å². The molecule has 1 saturated heterocycles. The van der Waals surface area contributed by atoms with E-state index in [0.29, 0.717) is 16.5 Å². The van der Waals surface area contributed by atoms with Crippen LogP contribution in [0, 0.1) is 5.92 Å². The first-order valence-corrected chi connectivity index (χ1v) is 8.05. The maximum atomic E-state index is 12.9. The Hall–Kier alpha value is -1.65. The largest absolute Gasteiger partial charge is 0.338 e. The van der Waals surface area contributed by atoms with Gasteiger partial charge >= 0.3 is 0 Å². The van der Waals surface area contributed by atoms with Crippen LogP contribution in [-0.2, 0) is 0 Å². The van der Waals surface area contributed by atoms with Crippen LogP contribution in [-0.4, -0.2) is 42.5 Å². The quantitative estimate of drug-likeness (QED) is 0.946. The Kier molecular flexibility index (Phi) is 4.60. The molecule has 0 bridgehead atoms. The number of likely N-dealkylation sites (tertiary alicyclic amines) is 1. The van der Waals surface area contributed by atoms with Crippen LogP contribution in [0.5, 0.6) is 0 Å². The van der Waals surface area contributed by atoms with E-state index in [4.69, 9.17) is 11.6 Å². The van der Waals surface area contributed by atoms with Gasteiger partial charge in [-0.05, 0) is 50.6 Å². The average Bonchev–Trinajstić information content (AvgIpc) is 2.54. The zero-order valence-corrected chi connectivity index (χ0v) is 13.4. The van der Waals surface area contributed by atoms with Gasteiger partial charge in [0.2, 0.25) is 0 Å². The summed E-state index contributed by atoms with van der Waals surface area (Å²) in [6, 6.07) is 7.38. The van der Waals surface area contributed by atoms with Crippen LogP contribution in [0.25, 0.3) is 10.9 Å². The third-order valence-electron chi connectivity index (χ3n) is 4.20. The molecule has 0 aliphatic carbocycles. The lowest BCUT2D eigenvalue weighted by Crippen LogP contribution is -2.42. The molecular formula is C17H20ClN3O. The molecule has 0 radical (unpaired) electrons. The summed E-state index contributed by atoms with van der Waals surface area (Å²) in [5.74, 6) is 0.549. The number of aromatic nitrogens is 1. The number of benzene rings is 1. The number of carbonyl (C=O) groups excluding carboxylic acids is 1. The Morgan fingerprint density at radius 3 is 3.18 bits per heavy atom. The number of piperidine rings is 1. The molecule has 1 N–H and O–H groups in total. The molecule has 5 heteroatoms. The van der Waals surface area contributed by atoms with Gasteiger partial charge in [-0.1, -0.05) is 17.7 Å². The summed E-state index contributed by atoms with van der Waals surface area (Å²) in [5.41, 5.74) is 1.33. The summed E-state index contributed by atoms with van der Waals surface area (Å²) >= 11 is 6.18. The lowest BCUT2D eigenvalue weighted by atomic mass is 9.97. The number of carbonyl (C=O) groups is 1. The number of fused-ring (bicyclic) bond motifs is 1. The summed E-state index contributed by atoms with van der Waals surface area (Å²) in [4.78, 5) is 19.2. The maximum Gasteiger partial charge on any atom is 0.256 e.